The monoisotopic (exact) mass is 632 g/mol. The smallest absolute Gasteiger partial charge is 0.188 e. The molecule has 4 saturated carbocycles. The van der Waals surface area contributed by atoms with E-state index in [-0.39, 0.29) is 37.1 Å². The molecular weight excluding hydrogens is 604 g/mol. The first-order chi connectivity index (χ1) is 20.5. The Hall–Kier alpha value is -2.86. The van der Waals surface area contributed by atoms with Gasteiger partial charge in [-0.3, -0.25) is 19.2 Å². The summed E-state index contributed by atoms with van der Waals surface area (Å²) in [4.78, 5) is 62.8. The molecule has 12 heteroatoms. The molecule has 8 atom stereocenters. The van der Waals surface area contributed by atoms with Crippen molar-refractivity contribution >= 4 is 67.2 Å². The SMILES string of the molecule is CCC1(CC)c2cc(N=C3C(=O)C4CC(F)C(F)CC4C3=O)sc2-c2sc(N=C3C(=O)C4CC(F)C(F)CC4C3=O)cc21. The molecule has 2 aromatic heterocycles. The zero-order valence-corrected chi connectivity index (χ0v) is 25.0. The van der Waals surface area contributed by atoms with Crippen LogP contribution in [0.25, 0.3) is 9.75 Å². The van der Waals surface area contributed by atoms with Crippen LogP contribution in [-0.2, 0) is 24.6 Å². The van der Waals surface area contributed by atoms with Gasteiger partial charge in [0.05, 0.1) is 9.75 Å². The maximum absolute atomic E-state index is 14.0. The molecule has 0 aromatic carbocycles. The third-order valence-electron chi connectivity index (χ3n) is 10.3. The van der Waals surface area contributed by atoms with E-state index >= 15 is 0 Å². The molecule has 0 amide bonds. The number of aliphatic imine (C=N–C) groups is 2. The van der Waals surface area contributed by atoms with Crippen LogP contribution in [0, 0.1) is 23.7 Å². The lowest BCUT2D eigenvalue weighted by atomic mass is 9.75. The number of carbonyl (C=O) groups is 4. The molecule has 0 saturated heterocycles. The van der Waals surface area contributed by atoms with Crippen molar-refractivity contribution in [1.29, 1.82) is 0 Å². The van der Waals surface area contributed by atoms with Gasteiger partial charge in [-0.05, 0) is 61.8 Å². The molecule has 0 bridgehead atoms. The highest BCUT2D eigenvalue weighted by molar-refractivity contribution is 7.26. The first kappa shape index (κ1) is 28.9. The minimum atomic E-state index is -1.77. The first-order valence-corrected chi connectivity index (χ1v) is 16.3. The lowest BCUT2D eigenvalue weighted by molar-refractivity contribution is -0.123. The molecule has 5 aliphatic rings. The predicted octanol–water partition coefficient (Wildman–Crippen LogP) is 6.75. The van der Waals surface area contributed by atoms with E-state index in [1.165, 1.54) is 22.7 Å². The van der Waals surface area contributed by atoms with Crippen molar-refractivity contribution in [2.45, 2.75) is 82.5 Å². The Bertz CT molecular complexity index is 1480. The molecule has 0 N–H and O–H groups in total. The molecule has 2 heterocycles. The maximum atomic E-state index is 14.0. The first-order valence-electron chi connectivity index (χ1n) is 14.7. The molecule has 8 unspecified atom stereocenters. The number of carbonyl (C=O) groups excluding carboxylic acids is 4. The molecule has 7 rings (SSSR count). The third-order valence-corrected chi connectivity index (χ3v) is 12.5. The average molecular weight is 633 g/mol. The Morgan fingerprint density at radius 3 is 1.21 bits per heavy atom. The standard InChI is InChI=1S/C31H28F4N2O4S2/c1-3-31(4-2)15-9-21(36-23-25(38)11-5-17(32)18(33)6-12(11)26(23)39)42-29(15)30-16(31)10-22(43-30)37-24-27(40)13-7-19(34)20(35)8-14(13)28(24)41/h9-14,17-20H,3-8H2,1-2H3. The van der Waals surface area contributed by atoms with Crippen LogP contribution >= 0.6 is 22.7 Å². The van der Waals surface area contributed by atoms with Crippen molar-refractivity contribution < 1.29 is 36.7 Å². The molecule has 0 aliphatic heterocycles. The molecule has 6 nitrogen and oxygen atoms in total. The van der Waals surface area contributed by atoms with E-state index in [4.69, 9.17) is 0 Å². The highest BCUT2D eigenvalue weighted by Crippen LogP contribution is 2.61. The topological polar surface area (TPSA) is 93.0 Å². The van der Waals surface area contributed by atoms with Gasteiger partial charge in [0.25, 0.3) is 0 Å². The van der Waals surface area contributed by atoms with Crippen LogP contribution in [-0.4, -0.2) is 59.2 Å². The number of hydrogen-bond acceptors (Lipinski definition) is 8. The summed E-state index contributed by atoms with van der Waals surface area (Å²) in [6.07, 6.45) is -6.93. The lowest BCUT2D eigenvalue weighted by Gasteiger charge is -2.27. The van der Waals surface area contributed by atoms with Crippen LogP contribution in [0.2, 0.25) is 0 Å². The number of Topliss-reactive ketones (excluding diaryl/α,β-unsaturated/α-hetero) is 4. The van der Waals surface area contributed by atoms with Gasteiger partial charge in [-0.2, -0.15) is 0 Å². The molecule has 0 spiro atoms. The Morgan fingerprint density at radius 2 is 0.930 bits per heavy atom. The second-order valence-electron chi connectivity index (χ2n) is 12.3. The van der Waals surface area contributed by atoms with Crippen LogP contribution < -0.4 is 0 Å². The Kier molecular flexibility index (Phi) is 6.77. The lowest BCUT2D eigenvalue weighted by Crippen LogP contribution is -2.35. The van der Waals surface area contributed by atoms with Gasteiger partial charge in [-0.25, -0.2) is 27.5 Å². The van der Waals surface area contributed by atoms with Crippen molar-refractivity contribution in [3.8, 4) is 9.75 Å². The van der Waals surface area contributed by atoms with Crippen LogP contribution in [0.5, 0.6) is 0 Å². The highest BCUT2D eigenvalue weighted by atomic mass is 32.1. The summed E-state index contributed by atoms with van der Waals surface area (Å²) in [5.74, 6) is -5.66. The van der Waals surface area contributed by atoms with Crippen molar-refractivity contribution in [3.05, 3.63) is 23.3 Å². The highest BCUT2D eigenvalue weighted by Gasteiger charge is 2.54. The van der Waals surface area contributed by atoms with E-state index in [0.717, 1.165) is 20.9 Å². The average Bonchev–Trinajstić information content (AvgIpc) is 3.74. The van der Waals surface area contributed by atoms with Gasteiger partial charge < -0.3 is 0 Å². The maximum Gasteiger partial charge on any atom is 0.188 e. The van der Waals surface area contributed by atoms with Crippen molar-refractivity contribution in [3.63, 3.8) is 0 Å². The summed E-state index contributed by atoms with van der Waals surface area (Å²) < 4.78 is 56.1. The Balaban J connectivity index is 1.24. The van der Waals surface area contributed by atoms with Crippen molar-refractivity contribution in [2.24, 2.45) is 33.7 Å². The van der Waals surface area contributed by atoms with Crippen LogP contribution in [0.15, 0.2) is 22.1 Å². The summed E-state index contributed by atoms with van der Waals surface area (Å²) in [5, 5.41) is 0.887. The summed E-state index contributed by atoms with van der Waals surface area (Å²) >= 11 is 2.60. The van der Waals surface area contributed by atoms with Gasteiger partial charge in [-0.1, -0.05) is 13.8 Å². The van der Waals surface area contributed by atoms with Gasteiger partial charge >= 0.3 is 0 Å². The molecule has 2 aromatic rings. The van der Waals surface area contributed by atoms with E-state index in [1.807, 2.05) is 26.0 Å². The fourth-order valence-electron chi connectivity index (χ4n) is 7.83. The minimum absolute atomic E-state index is 0.251. The number of ketones is 4. The van der Waals surface area contributed by atoms with Crippen molar-refractivity contribution in [2.75, 3.05) is 0 Å². The zero-order valence-electron chi connectivity index (χ0n) is 23.4. The molecule has 43 heavy (non-hydrogen) atoms. The molecular formula is C31H28F4N2O4S2. The fraction of sp³-hybridized carbons (Fsp3) is 0.548. The van der Waals surface area contributed by atoms with Crippen LogP contribution in [0.4, 0.5) is 27.6 Å². The molecule has 226 valence electrons. The molecule has 0 radical (unpaired) electrons. The quantitative estimate of drug-likeness (QED) is 0.349. The van der Waals surface area contributed by atoms with Gasteiger partial charge in [-0.15, -0.1) is 22.7 Å². The summed E-state index contributed by atoms with van der Waals surface area (Å²) in [6, 6.07) is 3.73. The normalized spacial score (nSPS) is 34.4. The fourth-order valence-corrected chi connectivity index (χ4v) is 10.3. The third kappa shape index (κ3) is 4.07. The number of alkyl halides is 4. The molecule has 5 aliphatic carbocycles. The number of hydrogen-bond donors (Lipinski definition) is 0. The van der Waals surface area contributed by atoms with E-state index in [9.17, 15) is 36.7 Å². The van der Waals surface area contributed by atoms with Crippen LogP contribution in [0.1, 0.15) is 63.5 Å². The number of nitrogens with zero attached hydrogens (tertiary/aromatic N) is 2. The van der Waals surface area contributed by atoms with Crippen LogP contribution in [0.3, 0.4) is 0 Å². The van der Waals surface area contributed by atoms with E-state index < -0.39 is 76.9 Å². The van der Waals surface area contributed by atoms with E-state index in [0.29, 0.717) is 22.8 Å². The summed E-state index contributed by atoms with van der Waals surface area (Å²) in [5.41, 5.74) is 1.05. The van der Waals surface area contributed by atoms with E-state index in [1.54, 1.807) is 0 Å². The van der Waals surface area contributed by atoms with Gasteiger partial charge in [0.2, 0.25) is 0 Å². The van der Waals surface area contributed by atoms with Gasteiger partial charge in [0.15, 0.2) is 34.6 Å². The van der Waals surface area contributed by atoms with Gasteiger partial charge in [0, 0.05) is 29.1 Å². The summed E-state index contributed by atoms with van der Waals surface area (Å²) in [6.45, 7) is 4.08. The predicted molar refractivity (Wildman–Crippen MR) is 155 cm³/mol. The van der Waals surface area contributed by atoms with E-state index in [2.05, 4.69) is 9.98 Å². The number of thiophene rings is 2. The minimum Gasteiger partial charge on any atom is -0.292 e. The Labute approximate surface area is 252 Å². The number of rotatable bonds is 4. The second kappa shape index (κ2) is 10.1. The van der Waals surface area contributed by atoms with Crippen molar-refractivity contribution in [1.82, 2.24) is 0 Å². The zero-order chi connectivity index (χ0) is 30.5. The Morgan fingerprint density at radius 1 is 0.628 bits per heavy atom. The molecule has 4 fully saturated rings. The largest absolute Gasteiger partial charge is 0.292 e. The number of halogens is 4. The second-order valence-corrected chi connectivity index (χ2v) is 14.3. The van der Waals surface area contributed by atoms with Gasteiger partial charge in [0.1, 0.15) is 34.7 Å². The summed E-state index contributed by atoms with van der Waals surface area (Å²) in [7, 11) is 0. The number of fused-ring (bicyclic) bond motifs is 5.